The van der Waals surface area contributed by atoms with E-state index in [0.29, 0.717) is 5.54 Å². The van der Waals surface area contributed by atoms with Crippen LogP contribution < -0.4 is 10.6 Å². The Morgan fingerprint density at radius 3 is 2.38 bits per heavy atom. The van der Waals surface area contributed by atoms with E-state index in [-0.39, 0.29) is 18.2 Å². The summed E-state index contributed by atoms with van der Waals surface area (Å²) in [7, 11) is 1.57. The van der Waals surface area contributed by atoms with Crippen molar-refractivity contribution in [3.05, 3.63) is 65.2 Å². The summed E-state index contributed by atoms with van der Waals surface area (Å²) in [6.07, 6.45) is 6.95. The molecule has 0 bridgehead atoms. The number of piperidine rings is 1. The Bertz CT molecular complexity index is 998. The van der Waals surface area contributed by atoms with E-state index in [0.717, 1.165) is 11.3 Å². The van der Waals surface area contributed by atoms with Crippen LogP contribution in [-0.2, 0) is 27.0 Å². The van der Waals surface area contributed by atoms with Gasteiger partial charge in [-0.25, -0.2) is 0 Å². The van der Waals surface area contributed by atoms with Gasteiger partial charge in [-0.05, 0) is 75.4 Å². The highest BCUT2D eigenvalue weighted by Gasteiger charge is 2.43. The third-order valence-electron chi connectivity index (χ3n) is 7.60. The van der Waals surface area contributed by atoms with Gasteiger partial charge in [0, 0.05) is 24.7 Å². The molecule has 0 saturated carbocycles. The first kappa shape index (κ1) is 22.5. The Labute approximate surface area is 191 Å². The molecule has 170 valence electrons. The molecule has 2 atom stereocenters. The van der Waals surface area contributed by atoms with Crippen LogP contribution in [0.1, 0.15) is 62.6 Å². The smallest absolute Gasteiger partial charge is 0.235 e. The number of nitrogens with one attached hydrogen (secondary N) is 2. The van der Waals surface area contributed by atoms with Crippen LogP contribution in [0.2, 0.25) is 0 Å². The molecule has 32 heavy (non-hydrogen) atoms. The fourth-order valence-corrected chi connectivity index (χ4v) is 5.53. The second-order valence-electron chi connectivity index (χ2n) is 9.66. The number of rotatable bonds is 3. The topological polar surface area (TPSA) is 61.4 Å². The summed E-state index contributed by atoms with van der Waals surface area (Å²) >= 11 is 0. The summed E-state index contributed by atoms with van der Waals surface area (Å²) < 4.78 is 0. The molecule has 1 unspecified atom stereocenters. The van der Waals surface area contributed by atoms with Crippen molar-refractivity contribution in [2.75, 3.05) is 25.5 Å². The second kappa shape index (κ2) is 9.07. The van der Waals surface area contributed by atoms with E-state index in [1.165, 1.54) is 45.2 Å². The summed E-state index contributed by atoms with van der Waals surface area (Å²) in [4.78, 5) is 26.1. The fraction of sp³-hybridized carbons (Fsp3) is 0.481. The fourth-order valence-electron chi connectivity index (χ4n) is 5.53. The van der Waals surface area contributed by atoms with Crippen molar-refractivity contribution in [1.82, 2.24) is 10.2 Å². The van der Waals surface area contributed by atoms with E-state index in [9.17, 15) is 9.59 Å². The lowest BCUT2D eigenvalue weighted by Gasteiger charge is -2.41. The molecule has 5 rings (SSSR count). The molecule has 0 spiro atoms. The van der Waals surface area contributed by atoms with E-state index < -0.39 is 5.41 Å². The molecule has 2 heterocycles. The van der Waals surface area contributed by atoms with Crippen LogP contribution >= 0.6 is 0 Å². The van der Waals surface area contributed by atoms with Crippen LogP contribution in [0.4, 0.5) is 5.69 Å². The van der Waals surface area contributed by atoms with Crippen LogP contribution in [0.5, 0.6) is 0 Å². The van der Waals surface area contributed by atoms with E-state index in [1.807, 2.05) is 24.3 Å². The van der Waals surface area contributed by atoms with E-state index in [2.05, 4.69) is 46.7 Å². The van der Waals surface area contributed by atoms with Gasteiger partial charge in [-0.2, -0.15) is 0 Å². The van der Waals surface area contributed by atoms with Gasteiger partial charge in [0.15, 0.2) is 0 Å². The molecule has 2 aliphatic heterocycles. The van der Waals surface area contributed by atoms with Crippen LogP contribution in [0.3, 0.4) is 0 Å². The normalized spacial score (nSPS) is 26.4. The molecule has 0 aromatic heterocycles. The van der Waals surface area contributed by atoms with Crippen molar-refractivity contribution in [1.29, 1.82) is 0 Å². The molecule has 5 heteroatoms. The van der Waals surface area contributed by atoms with Crippen LogP contribution in [0.25, 0.3) is 0 Å². The molecule has 1 saturated heterocycles. The number of fused-ring (bicyclic) bond motifs is 2. The standard InChI is InChI=1S/C15H21N.C12H14N2O2/c1-15(16-11-5-2-6-12-16)10-9-13-7-3-4-8-14(13)15;1-12(7-10(15)13-2)8-5-3-4-6-9(8)14-11(12)16/h3-4,7-8H,2,5-6,9-12H2,1H3;3-6H,7H2,1-2H3,(H,13,15)(H,14,16)/t;12-/m.0/s1. The number of carbonyl (C=O) groups excluding carboxylic acids is 2. The highest BCUT2D eigenvalue weighted by atomic mass is 16.2. The Balaban J connectivity index is 0.000000153. The van der Waals surface area contributed by atoms with Crippen molar-refractivity contribution in [3.8, 4) is 0 Å². The minimum atomic E-state index is -0.753. The number of benzene rings is 2. The number of anilines is 1. The number of carbonyl (C=O) groups is 2. The summed E-state index contributed by atoms with van der Waals surface area (Å²) in [5, 5.41) is 5.35. The molecule has 2 aromatic rings. The molecule has 2 aromatic carbocycles. The van der Waals surface area contributed by atoms with Crippen molar-refractivity contribution < 1.29 is 9.59 Å². The maximum Gasteiger partial charge on any atom is 0.235 e. The van der Waals surface area contributed by atoms with Gasteiger partial charge in [0.2, 0.25) is 11.8 Å². The minimum Gasteiger partial charge on any atom is -0.359 e. The zero-order chi connectivity index (χ0) is 22.8. The molecular weight excluding hydrogens is 398 g/mol. The number of para-hydroxylation sites is 1. The largest absolute Gasteiger partial charge is 0.359 e. The van der Waals surface area contributed by atoms with E-state index in [4.69, 9.17) is 0 Å². The van der Waals surface area contributed by atoms with Gasteiger partial charge in [0.25, 0.3) is 0 Å². The summed E-state index contributed by atoms with van der Waals surface area (Å²) in [5.74, 6) is -0.244. The number of likely N-dealkylation sites (tertiary alicyclic amines) is 1. The first-order chi connectivity index (χ1) is 15.4. The quantitative estimate of drug-likeness (QED) is 0.756. The minimum absolute atomic E-state index is 0.114. The Morgan fingerprint density at radius 1 is 1.00 bits per heavy atom. The van der Waals surface area contributed by atoms with Gasteiger partial charge in [0.05, 0.1) is 5.41 Å². The average Bonchev–Trinajstić information content (AvgIpc) is 3.30. The highest BCUT2D eigenvalue weighted by Crippen LogP contribution is 2.42. The lowest BCUT2D eigenvalue weighted by atomic mass is 9.80. The molecule has 2 amide bonds. The Kier molecular flexibility index (Phi) is 6.38. The predicted molar refractivity (Wildman–Crippen MR) is 129 cm³/mol. The molecule has 3 aliphatic rings. The molecule has 0 radical (unpaired) electrons. The average molecular weight is 434 g/mol. The summed E-state index contributed by atoms with van der Waals surface area (Å²) in [5.41, 5.74) is 4.45. The van der Waals surface area contributed by atoms with Crippen molar-refractivity contribution in [2.24, 2.45) is 0 Å². The first-order valence-corrected chi connectivity index (χ1v) is 11.8. The monoisotopic (exact) mass is 433 g/mol. The maximum atomic E-state index is 11.9. The van der Waals surface area contributed by atoms with Crippen molar-refractivity contribution >= 4 is 17.5 Å². The number of hydrogen-bond donors (Lipinski definition) is 2. The third-order valence-corrected chi connectivity index (χ3v) is 7.60. The predicted octanol–water partition coefficient (Wildman–Crippen LogP) is 4.37. The molecule has 1 aliphatic carbocycles. The van der Waals surface area contributed by atoms with Crippen molar-refractivity contribution in [2.45, 2.75) is 63.3 Å². The zero-order valence-electron chi connectivity index (χ0n) is 19.5. The van der Waals surface area contributed by atoms with Crippen LogP contribution in [0.15, 0.2) is 48.5 Å². The van der Waals surface area contributed by atoms with Crippen LogP contribution in [0, 0.1) is 0 Å². The molecule has 1 fully saturated rings. The number of hydrogen-bond acceptors (Lipinski definition) is 3. The van der Waals surface area contributed by atoms with E-state index >= 15 is 0 Å². The van der Waals surface area contributed by atoms with E-state index in [1.54, 1.807) is 25.1 Å². The van der Waals surface area contributed by atoms with Gasteiger partial charge in [-0.1, -0.05) is 48.9 Å². The highest BCUT2D eigenvalue weighted by molar-refractivity contribution is 6.08. The first-order valence-electron chi connectivity index (χ1n) is 11.8. The van der Waals surface area contributed by atoms with Gasteiger partial charge < -0.3 is 10.6 Å². The van der Waals surface area contributed by atoms with Gasteiger partial charge >= 0.3 is 0 Å². The lowest BCUT2D eigenvalue weighted by molar-refractivity contribution is -0.127. The zero-order valence-corrected chi connectivity index (χ0v) is 19.5. The molecule has 2 N–H and O–H groups in total. The van der Waals surface area contributed by atoms with Gasteiger partial charge in [-0.15, -0.1) is 0 Å². The Hall–Kier alpha value is -2.66. The number of amides is 2. The summed E-state index contributed by atoms with van der Waals surface area (Å²) in [6.45, 7) is 6.84. The third kappa shape index (κ3) is 4.06. The second-order valence-corrected chi connectivity index (χ2v) is 9.66. The lowest BCUT2D eigenvalue weighted by Crippen LogP contribution is -2.45. The van der Waals surface area contributed by atoms with Crippen molar-refractivity contribution in [3.63, 3.8) is 0 Å². The maximum absolute atomic E-state index is 11.9. The summed E-state index contributed by atoms with van der Waals surface area (Å²) in [6, 6.07) is 16.5. The van der Waals surface area contributed by atoms with Gasteiger partial charge in [-0.3, -0.25) is 14.5 Å². The van der Waals surface area contributed by atoms with Crippen LogP contribution in [-0.4, -0.2) is 36.9 Å². The SMILES string of the molecule is CC1(N2CCCCC2)CCc2ccccc21.CNC(=O)C[C@]1(C)C(=O)Nc2ccccc21. The number of aryl methyl sites for hydroxylation is 1. The number of nitrogens with zero attached hydrogens (tertiary/aromatic N) is 1. The molecule has 5 nitrogen and oxygen atoms in total. The Morgan fingerprint density at radius 2 is 1.66 bits per heavy atom. The molecular formula is C27H35N3O2. The van der Waals surface area contributed by atoms with Gasteiger partial charge in [0.1, 0.15) is 0 Å².